The van der Waals surface area contributed by atoms with Gasteiger partial charge in [-0.15, -0.1) is 6.42 Å². The Kier molecular flexibility index (Phi) is 2.52. The Morgan fingerprint density at radius 1 is 1.39 bits per heavy atom. The number of phenolic OH excluding ortho intramolecular Hbond substituents is 1. The van der Waals surface area contributed by atoms with E-state index in [9.17, 15) is 10.2 Å². The lowest BCUT2D eigenvalue weighted by Gasteiger charge is -2.62. The smallest absolute Gasteiger partial charge is 0.165 e. The maximum Gasteiger partial charge on any atom is 0.165 e. The molecule has 5 rings (SSSR count). The van der Waals surface area contributed by atoms with Crippen LogP contribution in [0.3, 0.4) is 0 Å². The SMILES string of the molecule is C#CCN1CC[C@]23c4c5ccc(O)c4O[C@H]2CCC[C@@]3(O)[C@H]1C5. The van der Waals surface area contributed by atoms with Crippen LogP contribution >= 0.6 is 0 Å². The molecule has 2 aliphatic heterocycles. The second-order valence-corrected chi connectivity index (χ2v) is 7.49. The van der Waals surface area contributed by atoms with Gasteiger partial charge in [-0.25, -0.2) is 0 Å². The van der Waals surface area contributed by atoms with Gasteiger partial charge in [0.05, 0.1) is 17.6 Å². The quantitative estimate of drug-likeness (QED) is 0.773. The Morgan fingerprint density at radius 3 is 3.09 bits per heavy atom. The van der Waals surface area contributed by atoms with Crippen LogP contribution in [0.1, 0.15) is 36.8 Å². The molecular formula is C19H21NO3. The van der Waals surface area contributed by atoms with E-state index >= 15 is 0 Å². The fraction of sp³-hybridized carbons (Fsp3) is 0.579. The lowest BCUT2D eigenvalue weighted by molar-refractivity contribution is -0.182. The van der Waals surface area contributed by atoms with E-state index in [-0.39, 0.29) is 23.3 Å². The van der Waals surface area contributed by atoms with Crippen LogP contribution < -0.4 is 4.74 Å². The number of nitrogens with zero attached hydrogens (tertiary/aromatic N) is 1. The Balaban J connectivity index is 1.78. The molecule has 0 aromatic heterocycles. The van der Waals surface area contributed by atoms with Crippen molar-refractivity contribution in [2.75, 3.05) is 13.1 Å². The summed E-state index contributed by atoms with van der Waals surface area (Å²) in [6.45, 7) is 1.46. The number of rotatable bonds is 1. The van der Waals surface area contributed by atoms with Gasteiger partial charge in [-0.1, -0.05) is 12.0 Å². The van der Waals surface area contributed by atoms with Crippen molar-refractivity contribution in [3.05, 3.63) is 23.3 Å². The van der Waals surface area contributed by atoms with Crippen LogP contribution in [0.25, 0.3) is 0 Å². The second-order valence-electron chi connectivity index (χ2n) is 7.49. The van der Waals surface area contributed by atoms with Gasteiger partial charge < -0.3 is 14.9 Å². The first-order chi connectivity index (χ1) is 11.1. The normalized spacial score (nSPS) is 40.2. The van der Waals surface area contributed by atoms with Crippen molar-refractivity contribution in [3.8, 4) is 23.8 Å². The topological polar surface area (TPSA) is 52.9 Å². The molecule has 2 bridgehead atoms. The molecule has 4 aliphatic rings. The van der Waals surface area contributed by atoms with E-state index < -0.39 is 5.60 Å². The van der Waals surface area contributed by atoms with Crippen LogP contribution in [0.4, 0.5) is 0 Å². The highest BCUT2D eigenvalue weighted by Crippen LogP contribution is 2.65. The summed E-state index contributed by atoms with van der Waals surface area (Å²) in [5, 5.41) is 22.1. The maximum absolute atomic E-state index is 11.8. The Hall–Kier alpha value is -1.70. The van der Waals surface area contributed by atoms with Crippen LogP contribution in [0.15, 0.2) is 12.1 Å². The summed E-state index contributed by atoms with van der Waals surface area (Å²) in [4.78, 5) is 2.27. The monoisotopic (exact) mass is 311 g/mol. The molecule has 1 aromatic carbocycles. The van der Waals surface area contributed by atoms with E-state index in [2.05, 4.69) is 10.8 Å². The second kappa shape index (κ2) is 4.23. The van der Waals surface area contributed by atoms with Gasteiger partial charge in [0.15, 0.2) is 11.5 Å². The van der Waals surface area contributed by atoms with Gasteiger partial charge in [0.2, 0.25) is 0 Å². The van der Waals surface area contributed by atoms with Gasteiger partial charge in [0.25, 0.3) is 0 Å². The molecule has 2 aliphatic carbocycles. The fourth-order valence-corrected chi connectivity index (χ4v) is 5.93. The van der Waals surface area contributed by atoms with Gasteiger partial charge in [0.1, 0.15) is 6.10 Å². The number of ether oxygens (including phenoxy) is 1. The number of hydrogen-bond donors (Lipinski definition) is 2. The predicted octanol–water partition coefficient (Wildman–Crippen LogP) is 1.57. The van der Waals surface area contributed by atoms with E-state index in [1.165, 1.54) is 5.56 Å². The van der Waals surface area contributed by atoms with E-state index in [1.807, 2.05) is 6.07 Å². The van der Waals surface area contributed by atoms with Crippen LogP contribution in [0.5, 0.6) is 11.5 Å². The lowest BCUT2D eigenvalue weighted by atomic mass is 9.49. The molecule has 120 valence electrons. The Labute approximate surface area is 136 Å². The highest BCUT2D eigenvalue weighted by atomic mass is 16.5. The zero-order chi connectivity index (χ0) is 15.8. The van der Waals surface area contributed by atoms with Crippen molar-refractivity contribution in [1.82, 2.24) is 4.90 Å². The third-order valence-corrected chi connectivity index (χ3v) is 6.77. The lowest BCUT2D eigenvalue weighted by Crippen LogP contribution is -2.75. The summed E-state index contributed by atoms with van der Waals surface area (Å²) < 4.78 is 6.20. The molecule has 1 saturated heterocycles. The van der Waals surface area contributed by atoms with Gasteiger partial charge in [-0.05, 0) is 43.7 Å². The zero-order valence-corrected chi connectivity index (χ0v) is 13.1. The van der Waals surface area contributed by atoms with Crippen LogP contribution in [-0.2, 0) is 11.8 Å². The van der Waals surface area contributed by atoms with Crippen LogP contribution in [0, 0.1) is 12.3 Å². The summed E-state index contributed by atoms with van der Waals surface area (Å²) >= 11 is 0. The van der Waals surface area contributed by atoms with Gasteiger partial charge in [0, 0.05) is 18.2 Å². The van der Waals surface area contributed by atoms with Crippen molar-refractivity contribution >= 4 is 0 Å². The highest BCUT2D eigenvalue weighted by molar-refractivity contribution is 5.62. The standard InChI is InChI=1S/C19H21NO3/c1-2-9-20-10-8-18-15-4-3-7-19(18,22)14(20)11-12-5-6-13(21)17(23-15)16(12)18/h1,5-6,14-15,21-22H,3-4,7-11H2/t14-,15+,18-,19-/m1/s1. The maximum atomic E-state index is 11.8. The first-order valence-electron chi connectivity index (χ1n) is 8.54. The van der Waals surface area contributed by atoms with Crippen LogP contribution in [0.2, 0.25) is 0 Å². The predicted molar refractivity (Wildman–Crippen MR) is 85.5 cm³/mol. The molecule has 1 spiro atoms. The minimum absolute atomic E-state index is 0.0286. The first-order valence-corrected chi connectivity index (χ1v) is 8.54. The molecule has 4 heteroatoms. The summed E-state index contributed by atoms with van der Waals surface area (Å²) in [5.41, 5.74) is 1.11. The van der Waals surface area contributed by atoms with Gasteiger partial charge in [-0.2, -0.15) is 0 Å². The molecule has 0 unspecified atom stereocenters. The minimum atomic E-state index is -0.808. The van der Waals surface area contributed by atoms with Crippen molar-refractivity contribution in [3.63, 3.8) is 0 Å². The average Bonchev–Trinajstić information content (AvgIpc) is 2.87. The number of phenols is 1. The molecule has 4 atom stereocenters. The first kappa shape index (κ1) is 13.7. The number of benzene rings is 1. The summed E-state index contributed by atoms with van der Waals surface area (Å²) in [6, 6.07) is 3.78. The number of piperidine rings is 1. The summed E-state index contributed by atoms with van der Waals surface area (Å²) in [6.07, 6.45) is 9.83. The molecule has 1 aromatic rings. The Morgan fingerprint density at radius 2 is 2.26 bits per heavy atom. The average molecular weight is 311 g/mol. The van der Waals surface area contributed by atoms with Crippen molar-refractivity contribution in [2.24, 2.45) is 0 Å². The molecule has 4 nitrogen and oxygen atoms in total. The number of aromatic hydroxyl groups is 1. The Bertz CT molecular complexity index is 739. The minimum Gasteiger partial charge on any atom is -0.504 e. The molecule has 23 heavy (non-hydrogen) atoms. The third kappa shape index (κ3) is 1.38. The van der Waals surface area contributed by atoms with E-state index in [4.69, 9.17) is 11.2 Å². The summed E-state index contributed by atoms with van der Waals surface area (Å²) in [7, 11) is 0. The van der Waals surface area contributed by atoms with Crippen molar-refractivity contribution in [1.29, 1.82) is 0 Å². The zero-order valence-electron chi connectivity index (χ0n) is 13.1. The van der Waals surface area contributed by atoms with Crippen molar-refractivity contribution < 1.29 is 14.9 Å². The van der Waals surface area contributed by atoms with Gasteiger partial charge in [-0.3, -0.25) is 4.90 Å². The molecule has 0 amide bonds. The molecule has 2 fully saturated rings. The number of likely N-dealkylation sites (tertiary alicyclic amines) is 1. The number of aliphatic hydroxyl groups is 1. The molecular weight excluding hydrogens is 290 g/mol. The van der Waals surface area contributed by atoms with Crippen LogP contribution in [-0.4, -0.2) is 45.9 Å². The van der Waals surface area contributed by atoms with Gasteiger partial charge >= 0.3 is 0 Å². The number of terminal acetylenes is 1. The highest BCUT2D eigenvalue weighted by Gasteiger charge is 2.70. The van der Waals surface area contributed by atoms with Crippen molar-refractivity contribution in [2.45, 2.75) is 55.3 Å². The molecule has 2 heterocycles. The summed E-state index contributed by atoms with van der Waals surface area (Å²) in [5.74, 6) is 3.58. The van der Waals surface area contributed by atoms with E-state index in [0.29, 0.717) is 12.3 Å². The fourth-order valence-electron chi connectivity index (χ4n) is 5.93. The molecule has 2 N–H and O–H groups in total. The van der Waals surface area contributed by atoms with E-state index in [0.717, 1.165) is 44.2 Å². The molecule has 0 radical (unpaired) electrons. The molecule has 1 saturated carbocycles. The largest absolute Gasteiger partial charge is 0.504 e. The third-order valence-electron chi connectivity index (χ3n) is 6.77. The van der Waals surface area contributed by atoms with E-state index in [1.54, 1.807) is 6.07 Å². The number of hydrogen-bond acceptors (Lipinski definition) is 4.